The third-order valence-electron chi connectivity index (χ3n) is 3.22. The van der Waals surface area contributed by atoms with E-state index in [0.29, 0.717) is 29.1 Å². The molecule has 6 nitrogen and oxygen atoms in total. The zero-order valence-electron chi connectivity index (χ0n) is 13.6. The van der Waals surface area contributed by atoms with Crippen LogP contribution in [0.25, 0.3) is 0 Å². The van der Waals surface area contributed by atoms with Gasteiger partial charge in [0.05, 0.1) is 12.9 Å². The van der Waals surface area contributed by atoms with Crippen molar-refractivity contribution in [2.75, 3.05) is 22.9 Å². The Bertz CT molecular complexity index is 802. The summed E-state index contributed by atoms with van der Waals surface area (Å²) < 4.78 is 31.1. The van der Waals surface area contributed by atoms with Crippen molar-refractivity contribution in [1.29, 1.82) is 0 Å². The van der Waals surface area contributed by atoms with Gasteiger partial charge in [0.15, 0.2) is 0 Å². The summed E-state index contributed by atoms with van der Waals surface area (Å²) >= 11 is 0. The minimum absolute atomic E-state index is 0.0370. The predicted octanol–water partition coefficient (Wildman–Crippen LogP) is 3.10. The van der Waals surface area contributed by atoms with Crippen LogP contribution >= 0.6 is 0 Å². The van der Waals surface area contributed by atoms with E-state index in [0.717, 1.165) is 0 Å². The summed E-state index contributed by atoms with van der Waals surface area (Å²) in [5.74, 6) is 0.409. The van der Waals surface area contributed by atoms with E-state index in [9.17, 15) is 13.2 Å². The molecule has 0 aromatic heterocycles. The number of benzene rings is 2. The Hall–Kier alpha value is -2.54. The molecular formula is C17H20N2O4S. The molecule has 0 fully saturated rings. The fourth-order valence-electron chi connectivity index (χ4n) is 2.10. The second-order valence-corrected chi connectivity index (χ2v) is 7.03. The Morgan fingerprint density at radius 3 is 2.42 bits per heavy atom. The molecule has 0 unspecified atom stereocenters. The summed E-state index contributed by atoms with van der Waals surface area (Å²) in [6, 6.07) is 13.3. The average Bonchev–Trinajstić information content (AvgIpc) is 2.55. The number of hydrogen-bond acceptors (Lipinski definition) is 4. The molecule has 0 spiro atoms. The number of carbonyl (C=O) groups excluding carboxylic acids is 1. The number of amides is 1. The van der Waals surface area contributed by atoms with Crippen LogP contribution in [-0.4, -0.2) is 27.2 Å². The van der Waals surface area contributed by atoms with E-state index in [4.69, 9.17) is 4.74 Å². The molecule has 0 atom stereocenters. The van der Waals surface area contributed by atoms with E-state index < -0.39 is 10.0 Å². The summed E-state index contributed by atoms with van der Waals surface area (Å²) in [5, 5.41) is 2.75. The van der Waals surface area contributed by atoms with Crippen molar-refractivity contribution in [3.63, 3.8) is 0 Å². The molecule has 0 saturated carbocycles. The molecule has 0 aliphatic rings. The van der Waals surface area contributed by atoms with E-state index in [-0.39, 0.29) is 11.7 Å². The molecule has 1 amide bonds. The van der Waals surface area contributed by atoms with Crippen molar-refractivity contribution in [3.05, 3.63) is 54.1 Å². The van der Waals surface area contributed by atoms with Gasteiger partial charge in [-0.3, -0.25) is 9.52 Å². The highest BCUT2D eigenvalue weighted by molar-refractivity contribution is 7.92. The average molecular weight is 348 g/mol. The van der Waals surface area contributed by atoms with Crippen LogP contribution in [0.3, 0.4) is 0 Å². The first-order valence-electron chi connectivity index (χ1n) is 7.49. The van der Waals surface area contributed by atoms with E-state index in [1.807, 2.05) is 0 Å². The lowest BCUT2D eigenvalue weighted by Crippen LogP contribution is -2.17. The Morgan fingerprint density at radius 2 is 1.79 bits per heavy atom. The monoisotopic (exact) mass is 348 g/mol. The lowest BCUT2D eigenvalue weighted by Gasteiger charge is -2.10. The molecule has 0 aliphatic heterocycles. The molecule has 0 bridgehead atoms. The van der Waals surface area contributed by atoms with E-state index in [1.165, 1.54) is 6.07 Å². The van der Waals surface area contributed by atoms with Crippen molar-refractivity contribution in [2.45, 2.75) is 13.3 Å². The fourth-order valence-corrected chi connectivity index (χ4v) is 3.23. The van der Waals surface area contributed by atoms with Gasteiger partial charge in [0.1, 0.15) is 5.75 Å². The maximum Gasteiger partial charge on any atom is 0.255 e. The molecule has 0 radical (unpaired) electrons. The quantitative estimate of drug-likeness (QED) is 0.805. The van der Waals surface area contributed by atoms with Gasteiger partial charge >= 0.3 is 0 Å². The first-order valence-corrected chi connectivity index (χ1v) is 9.14. The Kier molecular flexibility index (Phi) is 5.81. The van der Waals surface area contributed by atoms with Gasteiger partial charge in [-0.05, 0) is 48.9 Å². The Morgan fingerprint density at radius 1 is 1.08 bits per heavy atom. The number of anilines is 2. The summed E-state index contributed by atoms with van der Waals surface area (Å²) in [4.78, 5) is 12.3. The number of nitrogens with one attached hydrogen (secondary N) is 2. The Balaban J connectivity index is 2.10. The molecule has 24 heavy (non-hydrogen) atoms. The SMILES string of the molecule is CCCS(=O)(=O)Nc1cccc(C(=O)Nc2ccc(OC)cc2)c1. The van der Waals surface area contributed by atoms with E-state index >= 15 is 0 Å². The van der Waals surface area contributed by atoms with Crippen molar-refractivity contribution < 1.29 is 17.9 Å². The number of hydrogen-bond donors (Lipinski definition) is 2. The largest absolute Gasteiger partial charge is 0.497 e. The van der Waals surface area contributed by atoms with Gasteiger partial charge in [0.2, 0.25) is 10.0 Å². The summed E-state index contributed by atoms with van der Waals surface area (Å²) in [7, 11) is -1.82. The lowest BCUT2D eigenvalue weighted by atomic mass is 10.2. The maximum atomic E-state index is 12.3. The highest BCUT2D eigenvalue weighted by atomic mass is 32.2. The highest BCUT2D eigenvalue weighted by Crippen LogP contribution is 2.17. The minimum atomic E-state index is -3.39. The molecule has 128 valence electrons. The van der Waals surface area contributed by atoms with Gasteiger partial charge in [0, 0.05) is 16.9 Å². The zero-order chi connectivity index (χ0) is 17.6. The molecule has 7 heteroatoms. The van der Waals surface area contributed by atoms with Gasteiger partial charge in [-0.2, -0.15) is 0 Å². The summed E-state index contributed by atoms with van der Waals surface area (Å²) in [5.41, 5.74) is 1.35. The second kappa shape index (κ2) is 7.83. The van der Waals surface area contributed by atoms with Gasteiger partial charge in [-0.25, -0.2) is 8.42 Å². The van der Waals surface area contributed by atoms with Crippen molar-refractivity contribution in [1.82, 2.24) is 0 Å². The molecule has 0 aliphatic carbocycles. The first-order chi connectivity index (χ1) is 11.4. The molecule has 2 aromatic rings. The number of carbonyl (C=O) groups is 1. The van der Waals surface area contributed by atoms with Crippen LogP contribution in [0.1, 0.15) is 23.7 Å². The zero-order valence-corrected chi connectivity index (χ0v) is 14.4. The van der Waals surface area contributed by atoms with Crippen molar-refractivity contribution in [2.24, 2.45) is 0 Å². The Labute approximate surface area is 141 Å². The van der Waals surface area contributed by atoms with Gasteiger partial charge in [-0.15, -0.1) is 0 Å². The normalized spacial score (nSPS) is 10.9. The predicted molar refractivity (Wildman–Crippen MR) is 95.1 cm³/mol. The molecule has 0 heterocycles. The molecule has 2 rings (SSSR count). The minimum Gasteiger partial charge on any atom is -0.497 e. The van der Waals surface area contributed by atoms with Crippen LogP contribution in [0.4, 0.5) is 11.4 Å². The van der Waals surface area contributed by atoms with Crippen LogP contribution in [0.2, 0.25) is 0 Å². The number of sulfonamides is 1. The van der Waals surface area contributed by atoms with E-state index in [2.05, 4.69) is 10.0 Å². The molecular weight excluding hydrogens is 328 g/mol. The fraction of sp³-hybridized carbons (Fsp3) is 0.235. The number of ether oxygens (including phenoxy) is 1. The van der Waals surface area contributed by atoms with E-state index in [1.54, 1.807) is 56.5 Å². The number of methoxy groups -OCH3 is 1. The molecule has 2 N–H and O–H groups in total. The smallest absolute Gasteiger partial charge is 0.255 e. The topological polar surface area (TPSA) is 84.5 Å². The van der Waals surface area contributed by atoms with Crippen LogP contribution in [0, 0.1) is 0 Å². The maximum absolute atomic E-state index is 12.3. The van der Waals surface area contributed by atoms with Gasteiger partial charge < -0.3 is 10.1 Å². The third kappa shape index (κ3) is 4.99. The molecule has 0 saturated heterocycles. The summed E-state index contributed by atoms with van der Waals surface area (Å²) in [6.45, 7) is 1.79. The second-order valence-electron chi connectivity index (χ2n) is 5.18. The van der Waals surface area contributed by atoms with Gasteiger partial charge in [0.25, 0.3) is 5.91 Å². The van der Waals surface area contributed by atoms with Crippen LogP contribution in [-0.2, 0) is 10.0 Å². The van der Waals surface area contributed by atoms with Crippen LogP contribution < -0.4 is 14.8 Å². The first kappa shape index (κ1) is 17.8. The third-order valence-corrected chi connectivity index (χ3v) is 4.71. The van der Waals surface area contributed by atoms with Crippen molar-refractivity contribution >= 4 is 27.3 Å². The standard InChI is InChI=1S/C17H20N2O4S/c1-3-11-24(21,22)19-15-6-4-5-13(12-15)17(20)18-14-7-9-16(23-2)10-8-14/h4-10,12,19H,3,11H2,1-2H3,(H,18,20). The van der Waals surface area contributed by atoms with Crippen LogP contribution in [0.15, 0.2) is 48.5 Å². The molecule has 2 aromatic carbocycles. The van der Waals surface area contributed by atoms with Crippen LogP contribution in [0.5, 0.6) is 5.75 Å². The highest BCUT2D eigenvalue weighted by Gasteiger charge is 2.11. The summed E-state index contributed by atoms with van der Waals surface area (Å²) in [6.07, 6.45) is 0.521. The van der Waals surface area contributed by atoms with Crippen molar-refractivity contribution in [3.8, 4) is 5.75 Å². The number of rotatable bonds is 7. The van der Waals surface area contributed by atoms with Gasteiger partial charge in [-0.1, -0.05) is 13.0 Å². The lowest BCUT2D eigenvalue weighted by molar-refractivity contribution is 0.102.